The molecule has 0 radical (unpaired) electrons. The topological polar surface area (TPSA) is 63.1 Å². The quantitative estimate of drug-likeness (QED) is 0.801. The number of rotatable bonds is 5. The van der Waals surface area contributed by atoms with Crippen LogP contribution in [0, 0.1) is 19.8 Å². The van der Waals surface area contributed by atoms with Crippen molar-refractivity contribution < 1.29 is 18.0 Å². The summed E-state index contributed by atoms with van der Waals surface area (Å²) in [7, 11) is 1.91. The lowest BCUT2D eigenvalue weighted by molar-refractivity contribution is -0.137. The first kappa shape index (κ1) is 22.1. The van der Waals surface area contributed by atoms with E-state index >= 15 is 0 Å². The summed E-state index contributed by atoms with van der Waals surface area (Å²) >= 11 is 0. The highest BCUT2D eigenvalue weighted by atomic mass is 19.4. The fraction of sp³-hybridized carbons (Fsp3) is 0.571. The van der Waals surface area contributed by atoms with Gasteiger partial charge in [0.2, 0.25) is 5.91 Å². The molecule has 164 valence electrons. The smallest absolute Gasteiger partial charge is 0.357 e. The fourth-order valence-electron chi connectivity index (χ4n) is 3.94. The highest BCUT2D eigenvalue weighted by molar-refractivity contribution is 5.79. The zero-order valence-corrected chi connectivity index (χ0v) is 17.8. The minimum atomic E-state index is -4.39. The number of hydrogen-bond acceptors (Lipinski definition) is 4. The van der Waals surface area contributed by atoms with Gasteiger partial charge in [0.05, 0.1) is 11.3 Å². The number of nitrogens with zero attached hydrogens (tertiary/aromatic N) is 4. The van der Waals surface area contributed by atoms with Gasteiger partial charge in [-0.2, -0.15) is 18.3 Å². The molecule has 1 aliphatic heterocycles. The van der Waals surface area contributed by atoms with Gasteiger partial charge in [-0.1, -0.05) is 0 Å². The Morgan fingerprint density at radius 2 is 1.93 bits per heavy atom. The SMILES string of the molecule is Cc1nn(C)c(C)c1C[C@@H](C)NC(=O)C1CCN(c2ccc(C(F)(F)F)cn2)CC1. The Kier molecular flexibility index (Phi) is 6.38. The molecule has 0 aliphatic carbocycles. The third kappa shape index (κ3) is 4.94. The second-order valence-corrected chi connectivity index (χ2v) is 8.05. The number of hydrogen-bond donors (Lipinski definition) is 1. The van der Waals surface area contributed by atoms with Crippen LogP contribution in [0.2, 0.25) is 0 Å². The number of halogens is 3. The largest absolute Gasteiger partial charge is 0.417 e. The van der Waals surface area contributed by atoms with E-state index in [0.29, 0.717) is 31.7 Å². The summed E-state index contributed by atoms with van der Waals surface area (Å²) < 4.78 is 39.9. The lowest BCUT2D eigenvalue weighted by Gasteiger charge is -2.32. The van der Waals surface area contributed by atoms with Crippen molar-refractivity contribution in [2.45, 2.75) is 52.3 Å². The standard InChI is InChI=1S/C21H28F3N5O/c1-13(11-18-14(2)27-28(4)15(18)3)26-20(30)16-7-9-29(10-8-16)19-6-5-17(12-25-19)21(22,23)24/h5-6,12-13,16H,7-11H2,1-4H3,(H,26,30)/t13-/m1/s1. The van der Waals surface area contributed by atoms with Crippen LogP contribution in [-0.4, -0.2) is 39.8 Å². The highest BCUT2D eigenvalue weighted by Crippen LogP contribution is 2.30. The number of nitrogens with one attached hydrogen (secondary N) is 1. The second-order valence-electron chi connectivity index (χ2n) is 8.05. The molecule has 3 heterocycles. The third-order valence-electron chi connectivity index (χ3n) is 5.82. The second kappa shape index (κ2) is 8.65. The average molecular weight is 423 g/mol. The third-order valence-corrected chi connectivity index (χ3v) is 5.82. The Balaban J connectivity index is 1.51. The van der Waals surface area contributed by atoms with Crippen LogP contribution in [0.1, 0.15) is 42.3 Å². The van der Waals surface area contributed by atoms with Gasteiger partial charge in [-0.3, -0.25) is 9.48 Å². The summed E-state index contributed by atoms with van der Waals surface area (Å²) in [6.07, 6.45) is -1.51. The molecule has 1 amide bonds. The maximum absolute atomic E-state index is 12.7. The van der Waals surface area contributed by atoms with Gasteiger partial charge in [-0.15, -0.1) is 0 Å². The van der Waals surface area contributed by atoms with Crippen molar-refractivity contribution in [3.63, 3.8) is 0 Å². The Morgan fingerprint density at radius 1 is 1.27 bits per heavy atom. The number of piperidine rings is 1. The van der Waals surface area contributed by atoms with Gasteiger partial charge < -0.3 is 10.2 Å². The van der Waals surface area contributed by atoms with E-state index in [1.807, 2.05) is 37.4 Å². The molecule has 0 aromatic carbocycles. The first-order valence-corrected chi connectivity index (χ1v) is 10.1. The van der Waals surface area contributed by atoms with E-state index in [1.54, 1.807) is 0 Å². The molecule has 0 bridgehead atoms. The number of anilines is 1. The maximum atomic E-state index is 12.7. The van der Waals surface area contributed by atoms with Gasteiger partial charge in [0.25, 0.3) is 0 Å². The maximum Gasteiger partial charge on any atom is 0.417 e. The molecule has 2 aromatic rings. The minimum absolute atomic E-state index is 0.00582. The van der Waals surface area contributed by atoms with Gasteiger partial charge in [-0.25, -0.2) is 4.98 Å². The molecular weight excluding hydrogens is 395 g/mol. The Hall–Kier alpha value is -2.58. The molecule has 1 aliphatic rings. The lowest BCUT2D eigenvalue weighted by atomic mass is 9.95. The number of carbonyl (C=O) groups excluding carboxylic acids is 1. The van der Waals surface area contributed by atoms with Crippen LogP contribution in [-0.2, 0) is 24.4 Å². The van der Waals surface area contributed by atoms with Crippen molar-refractivity contribution in [1.29, 1.82) is 0 Å². The number of aromatic nitrogens is 3. The molecule has 1 N–H and O–H groups in total. The predicted molar refractivity (Wildman–Crippen MR) is 108 cm³/mol. The Morgan fingerprint density at radius 3 is 2.43 bits per heavy atom. The normalized spacial score (nSPS) is 16.6. The van der Waals surface area contributed by atoms with Gasteiger partial charge in [0.1, 0.15) is 5.82 Å². The molecule has 0 saturated carbocycles. The predicted octanol–water partition coefficient (Wildman–Crippen LogP) is 3.41. The summed E-state index contributed by atoms with van der Waals surface area (Å²) in [6.45, 7) is 7.17. The van der Waals surface area contributed by atoms with Crippen molar-refractivity contribution in [2.75, 3.05) is 18.0 Å². The molecule has 0 unspecified atom stereocenters. The lowest BCUT2D eigenvalue weighted by Crippen LogP contribution is -2.44. The van der Waals surface area contributed by atoms with Crippen molar-refractivity contribution >= 4 is 11.7 Å². The molecule has 1 atom stereocenters. The van der Waals surface area contributed by atoms with Crippen molar-refractivity contribution in [1.82, 2.24) is 20.1 Å². The first-order valence-electron chi connectivity index (χ1n) is 10.1. The van der Waals surface area contributed by atoms with Gasteiger partial charge >= 0.3 is 6.18 Å². The molecule has 9 heteroatoms. The summed E-state index contributed by atoms with van der Waals surface area (Å²) in [5.41, 5.74) is 2.49. The van der Waals surface area contributed by atoms with Gasteiger partial charge in [0.15, 0.2) is 0 Å². The fourth-order valence-corrected chi connectivity index (χ4v) is 3.94. The van der Waals surface area contributed by atoms with Crippen LogP contribution in [0.5, 0.6) is 0 Å². The van der Waals surface area contributed by atoms with E-state index in [4.69, 9.17) is 0 Å². The van der Waals surface area contributed by atoms with E-state index in [2.05, 4.69) is 15.4 Å². The number of amides is 1. The number of aryl methyl sites for hydroxylation is 2. The van der Waals surface area contributed by atoms with E-state index in [9.17, 15) is 18.0 Å². The van der Waals surface area contributed by atoms with Crippen molar-refractivity contribution in [3.8, 4) is 0 Å². The monoisotopic (exact) mass is 423 g/mol. The molecule has 30 heavy (non-hydrogen) atoms. The van der Waals surface area contributed by atoms with Crippen LogP contribution in [0.15, 0.2) is 18.3 Å². The van der Waals surface area contributed by atoms with E-state index < -0.39 is 11.7 Å². The molecular formula is C21H28F3N5O. The molecule has 1 saturated heterocycles. The molecule has 0 spiro atoms. The zero-order chi connectivity index (χ0) is 22.1. The summed E-state index contributed by atoms with van der Waals surface area (Å²) in [6, 6.07) is 2.43. The van der Waals surface area contributed by atoms with Crippen LogP contribution in [0.3, 0.4) is 0 Å². The van der Waals surface area contributed by atoms with Crippen molar-refractivity contribution in [3.05, 3.63) is 40.8 Å². The van der Waals surface area contributed by atoms with Crippen LogP contribution in [0.25, 0.3) is 0 Å². The van der Waals surface area contributed by atoms with E-state index in [1.165, 1.54) is 6.07 Å². The molecule has 6 nitrogen and oxygen atoms in total. The average Bonchev–Trinajstić information content (AvgIpc) is 2.93. The molecule has 2 aromatic heterocycles. The number of alkyl halides is 3. The summed E-state index contributed by atoms with van der Waals surface area (Å²) in [4.78, 5) is 18.6. The zero-order valence-electron chi connectivity index (χ0n) is 17.8. The summed E-state index contributed by atoms with van der Waals surface area (Å²) in [5, 5.41) is 7.52. The molecule has 1 fully saturated rings. The van der Waals surface area contributed by atoms with Crippen LogP contribution in [0.4, 0.5) is 19.0 Å². The molecule has 3 rings (SSSR count). The summed E-state index contributed by atoms with van der Waals surface area (Å²) in [5.74, 6) is 0.439. The van der Waals surface area contributed by atoms with Gasteiger partial charge in [0, 0.05) is 44.0 Å². The minimum Gasteiger partial charge on any atom is -0.357 e. The van der Waals surface area contributed by atoms with Crippen molar-refractivity contribution in [2.24, 2.45) is 13.0 Å². The van der Waals surface area contributed by atoms with E-state index in [-0.39, 0.29) is 17.9 Å². The van der Waals surface area contributed by atoms with E-state index in [0.717, 1.165) is 35.6 Å². The first-order chi connectivity index (χ1) is 14.1. The number of pyridine rings is 1. The van der Waals surface area contributed by atoms with Gasteiger partial charge in [-0.05, 0) is 57.7 Å². The Bertz CT molecular complexity index is 883. The number of carbonyl (C=O) groups is 1. The van der Waals surface area contributed by atoms with Crippen LogP contribution >= 0.6 is 0 Å². The Labute approximate surface area is 174 Å². The van der Waals surface area contributed by atoms with Crippen LogP contribution < -0.4 is 10.2 Å². The highest BCUT2D eigenvalue weighted by Gasteiger charge is 2.31.